The van der Waals surface area contributed by atoms with Crippen LogP contribution in [0.4, 0.5) is 0 Å². The van der Waals surface area contributed by atoms with Gasteiger partial charge in [-0.1, -0.05) is 71.9 Å². The van der Waals surface area contributed by atoms with Gasteiger partial charge in [0.2, 0.25) is 0 Å². The van der Waals surface area contributed by atoms with Crippen molar-refractivity contribution < 1.29 is 71.5 Å². The minimum atomic E-state index is -0.939. The fourth-order valence-corrected chi connectivity index (χ4v) is 8.77. The summed E-state index contributed by atoms with van der Waals surface area (Å²) >= 11 is 0. The van der Waals surface area contributed by atoms with Crippen LogP contribution >= 0.6 is 0 Å². The van der Waals surface area contributed by atoms with Gasteiger partial charge in [-0.15, -0.1) is 0 Å². The molecule has 4 fully saturated rings. The molecule has 4 saturated heterocycles. The summed E-state index contributed by atoms with van der Waals surface area (Å²) in [6, 6.07) is 0. The first-order valence-electron chi connectivity index (χ1n) is 21.4. The predicted molar refractivity (Wildman–Crippen MR) is 221 cm³/mol. The van der Waals surface area contributed by atoms with Crippen LogP contribution in [0.25, 0.3) is 0 Å². The van der Waals surface area contributed by atoms with Crippen molar-refractivity contribution in [3.05, 3.63) is 36.5 Å². The van der Waals surface area contributed by atoms with Crippen molar-refractivity contribution in [3.63, 3.8) is 0 Å². The van der Waals surface area contributed by atoms with Crippen molar-refractivity contribution in [3.8, 4) is 0 Å². The van der Waals surface area contributed by atoms with Crippen LogP contribution < -0.4 is 0 Å². The maximum Gasteiger partial charge on any atom is 0.309 e. The molecule has 17 atom stereocenters. The molecule has 0 saturated carbocycles. The van der Waals surface area contributed by atoms with Crippen LogP contribution in [-0.2, 0) is 66.4 Å². The smallest absolute Gasteiger partial charge is 0.309 e. The highest BCUT2D eigenvalue weighted by molar-refractivity contribution is 5.83. The zero-order chi connectivity index (χ0) is 44.3. The number of methoxy groups -OCH3 is 6. The summed E-state index contributed by atoms with van der Waals surface area (Å²) < 4.78 is 73.8. The Balaban J connectivity index is 1.62. The average molecular weight is 855 g/mol. The van der Waals surface area contributed by atoms with Gasteiger partial charge in [-0.3, -0.25) is 9.59 Å². The van der Waals surface area contributed by atoms with Gasteiger partial charge in [-0.2, -0.15) is 0 Å². The molecule has 0 aromatic carbocycles. The summed E-state index contributed by atoms with van der Waals surface area (Å²) in [5.41, 5.74) is -0.924. The second kappa shape index (κ2) is 23.5. The number of cyclic esters (lactones) is 1. The zero-order valence-corrected chi connectivity index (χ0v) is 38.1. The van der Waals surface area contributed by atoms with E-state index in [1.54, 1.807) is 41.6 Å². The first-order chi connectivity index (χ1) is 28.5. The highest BCUT2D eigenvalue weighted by Gasteiger charge is 2.52. The van der Waals surface area contributed by atoms with Crippen LogP contribution in [0.5, 0.6) is 0 Å². The summed E-state index contributed by atoms with van der Waals surface area (Å²) in [5, 5.41) is 11.6. The number of aliphatic hydroxyl groups is 1. The van der Waals surface area contributed by atoms with Crippen molar-refractivity contribution in [2.45, 2.75) is 166 Å². The van der Waals surface area contributed by atoms with Crippen LogP contribution in [0.15, 0.2) is 36.5 Å². The molecule has 4 aliphatic heterocycles. The lowest BCUT2D eigenvalue weighted by molar-refractivity contribution is -0.359. The van der Waals surface area contributed by atoms with Gasteiger partial charge in [0.15, 0.2) is 18.4 Å². The number of ether oxygens (including phenoxy) is 12. The predicted octanol–water partition coefficient (Wildman–Crippen LogP) is 4.75. The molecular formula is C45H74O15. The number of hydrogen-bond acceptors (Lipinski definition) is 15. The summed E-state index contributed by atoms with van der Waals surface area (Å²) in [6.07, 6.45) is 1.66. The lowest BCUT2D eigenvalue weighted by Gasteiger charge is -2.48. The second-order valence-electron chi connectivity index (χ2n) is 17.5. The van der Waals surface area contributed by atoms with Crippen LogP contribution in [-0.4, -0.2) is 158 Å². The first kappa shape index (κ1) is 50.5. The Morgan fingerprint density at radius 1 is 0.717 bits per heavy atom. The Bertz CT molecular complexity index is 1420. The van der Waals surface area contributed by atoms with Gasteiger partial charge in [0.05, 0.1) is 43.5 Å². The molecule has 0 aliphatic carbocycles. The van der Waals surface area contributed by atoms with Gasteiger partial charge in [-0.25, -0.2) is 0 Å². The molecule has 344 valence electrons. The van der Waals surface area contributed by atoms with E-state index in [9.17, 15) is 14.7 Å². The molecule has 15 heteroatoms. The minimum Gasteiger partial charge on any atom is -0.457 e. The van der Waals surface area contributed by atoms with E-state index in [2.05, 4.69) is 19.9 Å². The highest BCUT2D eigenvalue weighted by Crippen LogP contribution is 2.39. The van der Waals surface area contributed by atoms with Crippen molar-refractivity contribution >= 4 is 11.8 Å². The van der Waals surface area contributed by atoms with E-state index >= 15 is 0 Å². The number of rotatable bonds is 14. The van der Waals surface area contributed by atoms with Gasteiger partial charge < -0.3 is 61.9 Å². The molecule has 60 heavy (non-hydrogen) atoms. The number of fused-ring (bicyclic) bond motifs is 2. The zero-order valence-electron chi connectivity index (χ0n) is 38.1. The summed E-state index contributed by atoms with van der Waals surface area (Å²) in [7, 11) is 9.36. The number of aliphatic hydroxyl groups excluding tert-OH is 1. The number of allylic oxidation sites excluding steroid dienone is 5. The summed E-state index contributed by atoms with van der Waals surface area (Å²) in [5.74, 6) is -0.977. The first-order valence-corrected chi connectivity index (χ1v) is 21.4. The molecule has 0 aromatic rings. The molecule has 4 rings (SSSR count). The Kier molecular flexibility index (Phi) is 19.8. The summed E-state index contributed by atoms with van der Waals surface area (Å²) in [4.78, 5) is 27.9. The molecule has 6 unspecified atom stereocenters. The number of carbonyl (C=O) groups excluding carboxylic acids is 2. The Morgan fingerprint density at radius 3 is 1.98 bits per heavy atom. The number of esters is 1. The molecule has 2 bridgehead atoms. The van der Waals surface area contributed by atoms with Gasteiger partial charge in [0.1, 0.15) is 48.8 Å². The average Bonchev–Trinajstić information content (AvgIpc) is 3.19. The molecule has 1 N–H and O–H groups in total. The number of hydrogen-bond donors (Lipinski definition) is 1. The number of Topliss-reactive ketones (excluding diaryl/α,β-unsaturated/α-hetero) is 1. The van der Waals surface area contributed by atoms with Gasteiger partial charge in [-0.05, 0) is 31.3 Å². The van der Waals surface area contributed by atoms with E-state index < -0.39 is 97.2 Å². The number of ketones is 1. The maximum absolute atomic E-state index is 14.0. The normalized spacial score (nSPS) is 41.3. The van der Waals surface area contributed by atoms with E-state index in [4.69, 9.17) is 56.8 Å². The lowest BCUT2D eigenvalue weighted by Crippen LogP contribution is -2.64. The number of carbonyl (C=O) groups is 2. The van der Waals surface area contributed by atoms with Gasteiger partial charge >= 0.3 is 5.97 Å². The van der Waals surface area contributed by atoms with Gasteiger partial charge in [0.25, 0.3) is 0 Å². The standard InChI is InChI=1S/C45H74O15/c1-25(2)18-16-14-15-17-19-35-45(6,7)34(47)20-26(3)37(50-9)30(46)21-29-22-31(27(4)32(57-29)23-36(48)59-35)58-43-41(53-12)39(33(49-8)24-55-43)60-44-42(54-13)40(52-11)38(51-10)28(5)56-44/h14-19,25-29,31-35,37-44,47H,20-24H2,1-13H3/b15-14+,18-16+,19-17+/t26-,27-,28?,29-,31+,32+,33-,34-,35?,37-,38-,39?,40?,41?,42?,43+,44+/m1/s1. The van der Waals surface area contributed by atoms with Crippen molar-refractivity contribution in [2.75, 3.05) is 49.3 Å². The molecule has 0 spiro atoms. The largest absolute Gasteiger partial charge is 0.457 e. The molecule has 15 nitrogen and oxygen atoms in total. The third-order valence-corrected chi connectivity index (χ3v) is 12.6. The Hall–Kier alpha value is -2.12. The fraction of sp³-hybridized carbons (Fsp3) is 0.822. The van der Waals surface area contributed by atoms with E-state index in [0.29, 0.717) is 12.3 Å². The van der Waals surface area contributed by atoms with Crippen LogP contribution in [0.1, 0.15) is 74.1 Å². The molecule has 4 heterocycles. The Morgan fingerprint density at radius 2 is 1.37 bits per heavy atom. The molecule has 0 radical (unpaired) electrons. The SMILES string of the molecule is COC1C(OC)[C@H](OC)C(C)O[C@H]1OC1C(OC)[C@H](O[C@H]2C[C@H]3CC(=O)[C@H](OC)[C@H](C)C[C@@H](O)C(C)(C)C(/C=C/C=C/C=C/C(C)C)OC(=O)C[C@H](O3)[C@@H]2C)OC[C@H]1OC. The Labute approximate surface area is 357 Å². The summed E-state index contributed by atoms with van der Waals surface area (Å²) in [6.45, 7) is 13.7. The van der Waals surface area contributed by atoms with Crippen LogP contribution in [0.3, 0.4) is 0 Å². The second-order valence-corrected chi connectivity index (χ2v) is 17.5. The third-order valence-electron chi connectivity index (χ3n) is 12.6. The monoisotopic (exact) mass is 855 g/mol. The van der Waals surface area contributed by atoms with Gasteiger partial charge in [0, 0.05) is 66.8 Å². The molecular weight excluding hydrogens is 780 g/mol. The van der Waals surface area contributed by atoms with E-state index in [0.717, 1.165) is 0 Å². The van der Waals surface area contributed by atoms with E-state index in [-0.39, 0.29) is 49.6 Å². The molecule has 4 aliphatic rings. The van der Waals surface area contributed by atoms with Crippen molar-refractivity contribution in [1.82, 2.24) is 0 Å². The van der Waals surface area contributed by atoms with Crippen LogP contribution in [0.2, 0.25) is 0 Å². The fourth-order valence-electron chi connectivity index (χ4n) is 8.77. The van der Waals surface area contributed by atoms with Crippen molar-refractivity contribution in [2.24, 2.45) is 23.2 Å². The maximum atomic E-state index is 14.0. The van der Waals surface area contributed by atoms with Crippen LogP contribution in [0, 0.1) is 23.2 Å². The van der Waals surface area contributed by atoms with Crippen molar-refractivity contribution in [1.29, 1.82) is 0 Å². The van der Waals surface area contributed by atoms with E-state index in [1.807, 2.05) is 58.9 Å². The third kappa shape index (κ3) is 12.5. The minimum absolute atomic E-state index is 0.0128. The lowest BCUT2D eigenvalue weighted by atomic mass is 9.75. The quantitative estimate of drug-likeness (QED) is 0.188. The van der Waals surface area contributed by atoms with E-state index in [1.165, 1.54) is 7.11 Å². The molecule has 0 aromatic heterocycles. The molecule has 0 amide bonds. The topological polar surface area (TPSA) is 165 Å². The highest BCUT2D eigenvalue weighted by atomic mass is 16.8.